The molecule has 7 heteroatoms. The molecule has 0 aliphatic carbocycles. The fourth-order valence-corrected chi connectivity index (χ4v) is 4.33. The number of aromatic amines is 1. The van der Waals surface area contributed by atoms with Gasteiger partial charge < -0.3 is 4.98 Å². The zero-order valence-electron chi connectivity index (χ0n) is 7.67. The second-order valence-electron chi connectivity index (χ2n) is 3.00. The molecule has 1 aromatic heterocycles. The summed E-state index contributed by atoms with van der Waals surface area (Å²) in [6.45, 7) is 2.47. The average Bonchev–Trinajstić information content (AvgIpc) is 2.72. The number of sulfonamides is 1. The van der Waals surface area contributed by atoms with Gasteiger partial charge in [0, 0.05) is 12.3 Å². The van der Waals surface area contributed by atoms with E-state index in [4.69, 9.17) is 0 Å². The topological polar surface area (TPSA) is 66.1 Å². The molecule has 1 N–H and O–H groups in total. The van der Waals surface area contributed by atoms with Crippen LogP contribution in [0.25, 0.3) is 0 Å². The lowest BCUT2D eigenvalue weighted by Gasteiger charge is -2.18. The Hall–Kier alpha value is -0.530. The Morgan fingerprint density at radius 1 is 1.71 bits per heavy atom. The zero-order valence-corrected chi connectivity index (χ0v) is 9.31. The number of hydrogen-bond donors (Lipinski definition) is 1. The number of hydrogen-bond acceptors (Lipinski definition) is 4. The lowest BCUT2D eigenvalue weighted by atomic mass is 10.7. The first kappa shape index (κ1) is 10.0. The monoisotopic (exact) mass is 233 g/mol. The summed E-state index contributed by atoms with van der Waals surface area (Å²) in [6.07, 6.45) is 2.71. The Bertz CT molecular complexity index is 401. The van der Waals surface area contributed by atoms with Gasteiger partial charge in [0.2, 0.25) is 0 Å². The summed E-state index contributed by atoms with van der Waals surface area (Å²) in [7, 11) is -3.35. The summed E-state index contributed by atoms with van der Waals surface area (Å²) in [5.41, 5.74) is 0. The maximum atomic E-state index is 11.9. The van der Waals surface area contributed by atoms with Gasteiger partial charge in [0.15, 0.2) is 5.03 Å². The van der Waals surface area contributed by atoms with Crippen LogP contribution < -0.4 is 0 Å². The first-order valence-electron chi connectivity index (χ1n) is 4.24. The van der Waals surface area contributed by atoms with Gasteiger partial charge in [0.05, 0.1) is 17.9 Å². The van der Waals surface area contributed by atoms with Crippen molar-refractivity contribution in [2.75, 3.05) is 12.3 Å². The molecule has 0 amide bonds. The van der Waals surface area contributed by atoms with Gasteiger partial charge in [-0.1, -0.05) is 0 Å². The first-order valence-corrected chi connectivity index (χ1v) is 6.73. The highest BCUT2D eigenvalue weighted by molar-refractivity contribution is 8.01. The van der Waals surface area contributed by atoms with Crippen molar-refractivity contribution >= 4 is 21.8 Å². The third-order valence-corrected chi connectivity index (χ3v) is 5.32. The van der Waals surface area contributed by atoms with Crippen molar-refractivity contribution in [3.8, 4) is 0 Å². The van der Waals surface area contributed by atoms with Gasteiger partial charge in [-0.2, -0.15) is 4.31 Å². The molecule has 1 aliphatic rings. The van der Waals surface area contributed by atoms with Crippen LogP contribution in [0.4, 0.5) is 0 Å². The van der Waals surface area contributed by atoms with Gasteiger partial charge in [-0.05, 0) is 6.92 Å². The summed E-state index contributed by atoms with van der Waals surface area (Å²) in [6, 6.07) is 0. The maximum absolute atomic E-state index is 11.9. The van der Waals surface area contributed by atoms with Crippen LogP contribution in [0, 0.1) is 0 Å². The molecule has 2 rings (SSSR count). The zero-order chi connectivity index (χ0) is 10.2. The number of nitrogens with zero attached hydrogens (tertiary/aromatic N) is 2. The first-order chi connectivity index (χ1) is 6.62. The highest BCUT2D eigenvalue weighted by Gasteiger charge is 2.33. The van der Waals surface area contributed by atoms with Crippen molar-refractivity contribution in [3.05, 3.63) is 12.5 Å². The summed E-state index contributed by atoms with van der Waals surface area (Å²) in [5.74, 6) is 0.856. The van der Waals surface area contributed by atoms with Crippen molar-refractivity contribution in [3.63, 3.8) is 0 Å². The standard InChI is InChI=1S/C7H11N3O2S2/c1-6-10(2-3-13-6)14(11,12)7-4-8-5-9-7/h4-6H,2-3H2,1H3,(H,8,9). The van der Waals surface area contributed by atoms with Crippen LogP contribution in [-0.2, 0) is 10.0 Å². The normalized spacial score (nSPS) is 24.2. The Morgan fingerprint density at radius 3 is 3.00 bits per heavy atom. The second kappa shape index (κ2) is 3.56. The molecule has 0 spiro atoms. The van der Waals surface area contributed by atoms with Crippen LogP contribution in [-0.4, -0.2) is 40.4 Å². The molecule has 0 aromatic carbocycles. The maximum Gasteiger partial charge on any atom is 0.261 e. The number of aromatic nitrogens is 2. The minimum Gasteiger partial charge on any atom is -0.335 e. The molecule has 0 radical (unpaired) electrons. The van der Waals surface area contributed by atoms with E-state index in [1.165, 1.54) is 16.8 Å². The molecule has 14 heavy (non-hydrogen) atoms. The van der Waals surface area contributed by atoms with Crippen molar-refractivity contribution in [2.24, 2.45) is 0 Å². The Kier molecular flexibility index (Phi) is 2.54. The van der Waals surface area contributed by atoms with Gasteiger partial charge in [0.25, 0.3) is 10.0 Å². The average molecular weight is 233 g/mol. The lowest BCUT2D eigenvalue weighted by molar-refractivity contribution is 0.440. The van der Waals surface area contributed by atoms with Crippen molar-refractivity contribution in [1.82, 2.24) is 14.3 Å². The molecule has 2 heterocycles. The van der Waals surface area contributed by atoms with E-state index < -0.39 is 10.0 Å². The number of rotatable bonds is 2. The number of H-pyrrole nitrogens is 1. The van der Waals surface area contributed by atoms with Crippen molar-refractivity contribution in [1.29, 1.82) is 0 Å². The van der Waals surface area contributed by atoms with E-state index >= 15 is 0 Å². The molecule has 1 atom stereocenters. The van der Waals surface area contributed by atoms with E-state index in [2.05, 4.69) is 9.97 Å². The van der Waals surface area contributed by atoms with Crippen LogP contribution >= 0.6 is 11.8 Å². The minimum atomic E-state index is -3.35. The molecular weight excluding hydrogens is 222 g/mol. The molecular formula is C7H11N3O2S2. The largest absolute Gasteiger partial charge is 0.335 e. The molecule has 1 fully saturated rings. The predicted molar refractivity (Wildman–Crippen MR) is 54.4 cm³/mol. The lowest BCUT2D eigenvalue weighted by Crippen LogP contribution is -2.33. The molecule has 5 nitrogen and oxygen atoms in total. The van der Waals surface area contributed by atoms with Crippen molar-refractivity contribution in [2.45, 2.75) is 17.3 Å². The fraction of sp³-hybridized carbons (Fsp3) is 0.571. The van der Waals surface area contributed by atoms with E-state index in [0.717, 1.165) is 5.75 Å². The number of imidazole rings is 1. The predicted octanol–water partition coefficient (Wildman–Crippen LogP) is 0.493. The van der Waals surface area contributed by atoms with E-state index in [1.54, 1.807) is 11.8 Å². The van der Waals surface area contributed by atoms with Crippen LogP contribution in [0.15, 0.2) is 17.6 Å². The molecule has 1 saturated heterocycles. The third-order valence-electron chi connectivity index (χ3n) is 2.14. The quantitative estimate of drug-likeness (QED) is 0.807. The van der Waals surface area contributed by atoms with Crippen LogP contribution in [0.1, 0.15) is 6.92 Å². The summed E-state index contributed by atoms with van der Waals surface area (Å²) < 4.78 is 25.4. The summed E-state index contributed by atoms with van der Waals surface area (Å²) in [4.78, 5) is 6.34. The van der Waals surface area contributed by atoms with E-state index in [0.29, 0.717) is 6.54 Å². The van der Waals surface area contributed by atoms with Crippen LogP contribution in [0.3, 0.4) is 0 Å². The van der Waals surface area contributed by atoms with E-state index in [9.17, 15) is 8.42 Å². The Morgan fingerprint density at radius 2 is 2.50 bits per heavy atom. The molecule has 0 saturated carbocycles. The second-order valence-corrected chi connectivity index (χ2v) is 6.28. The van der Waals surface area contributed by atoms with Gasteiger partial charge in [-0.25, -0.2) is 13.4 Å². The van der Waals surface area contributed by atoms with E-state index in [1.807, 2.05) is 6.92 Å². The molecule has 78 valence electrons. The molecule has 0 bridgehead atoms. The fourth-order valence-electron chi connectivity index (χ4n) is 1.40. The van der Waals surface area contributed by atoms with Gasteiger partial charge in [-0.3, -0.25) is 0 Å². The number of nitrogens with one attached hydrogen (secondary N) is 1. The Balaban J connectivity index is 2.33. The van der Waals surface area contributed by atoms with Crippen LogP contribution in [0.2, 0.25) is 0 Å². The third kappa shape index (κ3) is 1.55. The van der Waals surface area contributed by atoms with Gasteiger partial charge in [0.1, 0.15) is 0 Å². The Labute approximate surface area is 87.0 Å². The number of thioether (sulfide) groups is 1. The SMILES string of the molecule is CC1SCCN1S(=O)(=O)c1cnc[nH]1. The van der Waals surface area contributed by atoms with Gasteiger partial charge >= 0.3 is 0 Å². The summed E-state index contributed by atoms with van der Waals surface area (Å²) in [5, 5.41) is 0.190. The smallest absolute Gasteiger partial charge is 0.261 e. The minimum absolute atomic E-state index is 0.0169. The summed E-state index contributed by atoms with van der Waals surface area (Å²) >= 11 is 1.64. The molecule has 1 aliphatic heterocycles. The highest BCUT2D eigenvalue weighted by atomic mass is 32.2. The van der Waals surface area contributed by atoms with E-state index in [-0.39, 0.29) is 10.4 Å². The molecule has 1 aromatic rings. The molecule has 1 unspecified atom stereocenters. The van der Waals surface area contributed by atoms with Crippen molar-refractivity contribution < 1.29 is 8.42 Å². The van der Waals surface area contributed by atoms with Crippen LogP contribution in [0.5, 0.6) is 0 Å². The van der Waals surface area contributed by atoms with Gasteiger partial charge in [-0.15, -0.1) is 11.8 Å². The highest BCUT2D eigenvalue weighted by Crippen LogP contribution is 2.28.